The first-order chi connectivity index (χ1) is 14.9. The number of halogens is 1. The lowest BCUT2D eigenvalue weighted by atomic mass is 10.1. The second-order valence-corrected chi connectivity index (χ2v) is 7.54. The Labute approximate surface area is 206 Å². The Hall–Kier alpha value is -2.95. The summed E-state index contributed by atoms with van der Waals surface area (Å²) in [5.41, 5.74) is 4.81. The number of amides is 1. The first-order valence-corrected chi connectivity index (χ1v) is 10.1. The van der Waals surface area contributed by atoms with Crippen molar-refractivity contribution in [2.24, 2.45) is 4.99 Å². The van der Waals surface area contributed by atoms with Crippen LogP contribution in [0.1, 0.15) is 32.9 Å². The highest BCUT2D eigenvalue weighted by Crippen LogP contribution is 2.10. The summed E-state index contributed by atoms with van der Waals surface area (Å²) in [7, 11) is 5.23. The van der Waals surface area contributed by atoms with Crippen molar-refractivity contribution in [3.8, 4) is 5.82 Å². The number of rotatable bonds is 6. The van der Waals surface area contributed by atoms with Gasteiger partial charge in [0, 0.05) is 51.7 Å². The zero-order valence-corrected chi connectivity index (χ0v) is 21.4. The fourth-order valence-corrected chi connectivity index (χ4v) is 3.12. The lowest BCUT2D eigenvalue weighted by Gasteiger charge is -2.13. The van der Waals surface area contributed by atoms with Crippen LogP contribution in [0.15, 0.2) is 53.7 Å². The second-order valence-electron chi connectivity index (χ2n) is 7.54. The average Bonchev–Trinajstić information content (AvgIpc) is 3.12. The number of hydrogen-bond donors (Lipinski definition) is 2. The van der Waals surface area contributed by atoms with Crippen molar-refractivity contribution >= 4 is 35.8 Å². The molecule has 0 spiro atoms. The predicted octanol–water partition coefficient (Wildman–Crippen LogP) is 3.07. The maximum absolute atomic E-state index is 12.0. The van der Waals surface area contributed by atoms with Gasteiger partial charge in [0.05, 0.1) is 5.69 Å². The highest BCUT2D eigenvalue weighted by atomic mass is 127. The summed E-state index contributed by atoms with van der Waals surface area (Å²) in [6.07, 6.45) is 1.84. The number of carbonyl (C=O) groups excluding carboxylic acids is 1. The number of guanidine groups is 1. The van der Waals surface area contributed by atoms with E-state index < -0.39 is 0 Å². The molecule has 1 aromatic carbocycles. The van der Waals surface area contributed by atoms with Gasteiger partial charge in [-0.05, 0) is 49.2 Å². The van der Waals surface area contributed by atoms with E-state index in [0.29, 0.717) is 24.6 Å². The molecule has 0 aliphatic carbocycles. The normalized spacial score (nSPS) is 11.0. The lowest BCUT2D eigenvalue weighted by molar-refractivity contribution is 0.0827. The summed E-state index contributed by atoms with van der Waals surface area (Å²) < 4.78 is 1.84. The van der Waals surface area contributed by atoms with Gasteiger partial charge in [0.2, 0.25) is 0 Å². The molecular formula is C23H30IN7O. The van der Waals surface area contributed by atoms with Crippen LogP contribution in [0.25, 0.3) is 5.82 Å². The molecule has 1 amide bonds. The largest absolute Gasteiger partial charge is 0.352 e. The number of hydrogen-bond acceptors (Lipinski definition) is 4. The van der Waals surface area contributed by atoms with Crippen LogP contribution in [0.5, 0.6) is 0 Å². The van der Waals surface area contributed by atoms with Crippen LogP contribution in [0.2, 0.25) is 0 Å². The molecule has 2 aromatic heterocycles. The van der Waals surface area contributed by atoms with Gasteiger partial charge in [0.1, 0.15) is 0 Å². The zero-order chi connectivity index (χ0) is 22.4. The van der Waals surface area contributed by atoms with Crippen molar-refractivity contribution in [3.63, 3.8) is 0 Å². The minimum Gasteiger partial charge on any atom is -0.352 e. The third-order valence-electron chi connectivity index (χ3n) is 4.79. The zero-order valence-electron chi connectivity index (χ0n) is 19.1. The van der Waals surface area contributed by atoms with E-state index in [-0.39, 0.29) is 29.9 Å². The van der Waals surface area contributed by atoms with Gasteiger partial charge < -0.3 is 15.5 Å². The summed E-state index contributed by atoms with van der Waals surface area (Å²) in [6, 6.07) is 13.6. The highest BCUT2D eigenvalue weighted by molar-refractivity contribution is 14.0. The Morgan fingerprint density at radius 2 is 1.66 bits per heavy atom. The maximum Gasteiger partial charge on any atom is 0.253 e. The van der Waals surface area contributed by atoms with Crippen LogP contribution in [0.3, 0.4) is 0 Å². The minimum absolute atomic E-state index is 0. The van der Waals surface area contributed by atoms with E-state index in [1.807, 2.05) is 67.2 Å². The number of nitrogens with one attached hydrogen (secondary N) is 2. The van der Waals surface area contributed by atoms with E-state index in [2.05, 4.69) is 25.7 Å². The highest BCUT2D eigenvalue weighted by Gasteiger charge is 2.08. The predicted molar refractivity (Wildman–Crippen MR) is 138 cm³/mol. The van der Waals surface area contributed by atoms with Gasteiger partial charge >= 0.3 is 0 Å². The van der Waals surface area contributed by atoms with Crippen LogP contribution in [-0.2, 0) is 13.1 Å². The monoisotopic (exact) mass is 547 g/mol. The average molecular weight is 547 g/mol. The molecule has 0 unspecified atom stereocenters. The van der Waals surface area contributed by atoms with Gasteiger partial charge in [0.25, 0.3) is 5.91 Å². The van der Waals surface area contributed by atoms with Crippen molar-refractivity contribution in [1.29, 1.82) is 0 Å². The first kappa shape index (κ1) is 25.3. The molecule has 32 heavy (non-hydrogen) atoms. The molecule has 0 aliphatic heterocycles. The molecule has 2 heterocycles. The summed E-state index contributed by atoms with van der Waals surface area (Å²) in [5.74, 6) is 1.48. The SMILES string of the molecule is CN=C(NCc1ccc(C(=O)N(C)C)cc1)NCc1ccc(-n2nc(C)cc2C)nc1.I. The van der Waals surface area contributed by atoms with Crippen LogP contribution >= 0.6 is 24.0 Å². The van der Waals surface area contributed by atoms with Gasteiger partial charge in [-0.2, -0.15) is 5.10 Å². The molecule has 0 saturated carbocycles. The third-order valence-corrected chi connectivity index (χ3v) is 4.79. The van der Waals surface area contributed by atoms with E-state index in [1.165, 1.54) is 0 Å². The maximum atomic E-state index is 12.0. The molecule has 0 radical (unpaired) electrons. The van der Waals surface area contributed by atoms with Crippen molar-refractivity contribution in [3.05, 3.63) is 76.7 Å². The summed E-state index contributed by atoms with van der Waals surface area (Å²) in [6.45, 7) is 5.18. The molecule has 8 nitrogen and oxygen atoms in total. The number of benzene rings is 1. The van der Waals surface area contributed by atoms with Crippen LogP contribution in [-0.4, -0.2) is 52.7 Å². The standard InChI is InChI=1S/C23H29N7O.HI/c1-16-12-17(2)30(28-16)21-11-8-19(14-25-21)15-27-23(24-3)26-13-18-6-9-20(10-7-18)22(31)29(4)5;/h6-12,14H,13,15H2,1-5H3,(H2,24,26,27);1H. The van der Waals surface area contributed by atoms with Gasteiger partial charge in [-0.25, -0.2) is 9.67 Å². The van der Waals surface area contributed by atoms with E-state index in [4.69, 9.17) is 0 Å². The molecular weight excluding hydrogens is 517 g/mol. The molecule has 2 N–H and O–H groups in total. The molecule has 0 aliphatic rings. The number of aromatic nitrogens is 3. The minimum atomic E-state index is -0.00512. The van der Waals surface area contributed by atoms with Gasteiger partial charge in [-0.15, -0.1) is 24.0 Å². The molecule has 0 atom stereocenters. The molecule has 0 saturated heterocycles. The fourth-order valence-electron chi connectivity index (χ4n) is 3.12. The molecule has 0 bridgehead atoms. The second kappa shape index (κ2) is 11.6. The van der Waals surface area contributed by atoms with E-state index in [1.54, 1.807) is 26.0 Å². The molecule has 3 rings (SSSR count). The van der Waals surface area contributed by atoms with Crippen molar-refractivity contribution in [2.75, 3.05) is 21.1 Å². The van der Waals surface area contributed by atoms with E-state index >= 15 is 0 Å². The molecule has 3 aromatic rings. The van der Waals surface area contributed by atoms with Gasteiger partial charge in [-0.3, -0.25) is 9.79 Å². The van der Waals surface area contributed by atoms with Crippen molar-refractivity contribution in [1.82, 2.24) is 30.3 Å². The van der Waals surface area contributed by atoms with E-state index in [9.17, 15) is 4.79 Å². The first-order valence-electron chi connectivity index (χ1n) is 10.1. The number of aliphatic imine (C=N–C) groups is 1. The smallest absolute Gasteiger partial charge is 0.253 e. The third kappa shape index (κ3) is 6.52. The van der Waals surface area contributed by atoms with Gasteiger partial charge in [0.15, 0.2) is 11.8 Å². The van der Waals surface area contributed by atoms with Crippen LogP contribution < -0.4 is 10.6 Å². The fraction of sp³-hybridized carbons (Fsp3) is 0.304. The summed E-state index contributed by atoms with van der Waals surface area (Å²) in [5, 5.41) is 11.0. The van der Waals surface area contributed by atoms with Crippen LogP contribution in [0, 0.1) is 13.8 Å². The number of aryl methyl sites for hydroxylation is 2. The molecule has 9 heteroatoms. The number of pyridine rings is 1. The summed E-state index contributed by atoms with van der Waals surface area (Å²) in [4.78, 5) is 22.3. The topological polar surface area (TPSA) is 87.4 Å². The Balaban J connectivity index is 0.00000363. The van der Waals surface area contributed by atoms with Crippen molar-refractivity contribution in [2.45, 2.75) is 26.9 Å². The Morgan fingerprint density at radius 1 is 1.03 bits per heavy atom. The summed E-state index contributed by atoms with van der Waals surface area (Å²) >= 11 is 0. The quantitative estimate of drug-likeness (QED) is 0.282. The Kier molecular flexibility index (Phi) is 9.18. The molecule has 170 valence electrons. The lowest BCUT2D eigenvalue weighted by Crippen LogP contribution is -2.36. The molecule has 0 fully saturated rings. The Morgan fingerprint density at radius 3 is 2.16 bits per heavy atom. The number of carbonyl (C=O) groups is 1. The van der Waals surface area contributed by atoms with Crippen LogP contribution in [0.4, 0.5) is 0 Å². The van der Waals surface area contributed by atoms with E-state index in [0.717, 1.165) is 28.3 Å². The van der Waals surface area contributed by atoms with Gasteiger partial charge in [-0.1, -0.05) is 18.2 Å². The Bertz CT molecular complexity index is 1060. The number of nitrogens with zero attached hydrogens (tertiary/aromatic N) is 5. The van der Waals surface area contributed by atoms with Crippen molar-refractivity contribution < 1.29 is 4.79 Å².